The van der Waals surface area contributed by atoms with E-state index in [1.165, 1.54) is 10.4 Å². The minimum Gasteiger partial charge on any atom is -0.289 e. The van der Waals surface area contributed by atoms with Gasteiger partial charge in [0.1, 0.15) is 9.77 Å². The zero-order valence-electron chi connectivity index (χ0n) is 9.05. The largest absolute Gasteiger partial charge is 0.289 e. The molecule has 1 saturated heterocycles. The fourth-order valence-electron chi connectivity index (χ4n) is 1.80. The van der Waals surface area contributed by atoms with Crippen LogP contribution in [0.4, 0.5) is 0 Å². The van der Waals surface area contributed by atoms with Crippen molar-refractivity contribution in [2.75, 3.05) is 13.1 Å². The number of amides is 1. The van der Waals surface area contributed by atoms with Crippen LogP contribution >= 0.6 is 11.3 Å². The second-order valence-electron chi connectivity index (χ2n) is 3.70. The van der Waals surface area contributed by atoms with Crippen molar-refractivity contribution in [2.45, 2.75) is 17.7 Å². The lowest BCUT2D eigenvalue weighted by atomic mass is 10.4. The molecule has 0 unspecified atom stereocenters. The quantitative estimate of drug-likeness (QED) is 0.466. The number of carbonyl (C=O) groups excluding carboxylic acids is 1. The van der Waals surface area contributed by atoms with Crippen LogP contribution in [0.25, 0.3) is 0 Å². The Kier molecular flexibility index (Phi) is 3.48. The Morgan fingerprint density at radius 1 is 1.41 bits per heavy atom. The van der Waals surface area contributed by atoms with Crippen molar-refractivity contribution in [2.24, 2.45) is 5.84 Å². The molecule has 0 aliphatic carbocycles. The van der Waals surface area contributed by atoms with Crippen LogP contribution in [-0.4, -0.2) is 31.7 Å². The molecule has 1 aromatic rings. The molecular weight excluding hydrogens is 262 g/mol. The van der Waals surface area contributed by atoms with Crippen molar-refractivity contribution in [1.82, 2.24) is 9.73 Å². The summed E-state index contributed by atoms with van der Waals surface area (Å²) in [6.45, 7) is 1.03. The van der Waals surface area contributed by atoms with Crippen LogP contribution in [0.15, 0.2) is 16.3 Å². The molecule has 1 aliphatic heterocycles. The van der Waals surface area contributed by atoms with Gasteiger partial charge in [-0.25, -0.2) is 14.3 Å². The van der Waals surface area contributed by atoms with E-state index in [1.54, 1.807) is 5.38 Å². The zero-order chi connectivity index (χ0) is 12.5. The third-order valence-electron chi connectivity index (χ3n) is 2.65. The molecule has 3 N–H and O–H groups in total. The Bertz CT molecular complexity index is 517. The molecule has 0 aromatic carbocycles. The second-order valence-corrected chi connectivity index (χ2v) is 6.52. The Hall–Kier alpha value is -0.960. The summed E-state index contributed by atoms with van der Waals surface area (Å²) in [4.78, 5) is 11.6. The van der Waals surface area contributed by atoms with Gasteiger partial charge in [0.25, 0.3) is 5.91 Å². The van der Waals surface area contributed by atoms with E-state index in [0.717, 1.165) is 24.2 Å². The minimum absolute atomic E-state index is 0.0485. The average Bonchev–Trinajstić information content (AvgIpc) is 2.98. The molecule has 0 atom stereocenters. The first-order valence-corrected chi connectivity index (χ1v) is 7.48. The molecule has 0 bridgehead atoms. The molecule has 6 nitrogen and oxygen atoms in total. The highest BCUT2D eigenvalue weighted by molar-refractivity contribution is 7.89. The number of hydrogen-bond acceptors (Lipinski definition) is 5. The monoisotopic (exact) mass is 275 g/mol. The van der Waals surface area contributed by atoms with Crippen LogP contribution < -0.4 is 11.3 Å². The van der Waals surface area contributed by atoms with E-state index in [9.17, 15) is 13.2 Å². The maximum Gasteiger partial charge on any atom is 0.276 e. The van der Waals surface area contributed by atoms with Crippen LogP contribution in [0.1, 0.15) is 22.5 Å². The van der Waals surface area contributed by atoms with Gasteiger partial charge >= 0.3 is 0 Å². The SMILES string of the molecule is NNC(=O)c1sccc1S(=O)(=O)N1CCCC1. The van der Waals surface area contributed by atoms with E-state index in [1.807, 2.05) is 5.43 Å². The third-order valence-corrected chi connectivity index (χ3v) is 5.63. The van der Waals surface area contributed by atoms with Crippen LogP contribution in [0.5, 0.6) is 0 Å². The van der Waals surface area contributed by atoms with E-state index in [-0.39, 0.29) is 9.77 Å². The van der Waals surface area contributed by atoms with Gasteiger partial charge in [0, 0.05) is 13.1 Å². The number of nitrogen functional groups attached to an aromatic ring is 1. The second kappa shape index (κ2) is 4.73. The van der Waals surface area contributed by atoms with Crippen molar-refractivity contribution >= 4 is 27.3 Å². The van der Waals surface area contributed by atoms with Gasteiger partial charge in [0.05, 0.1) is 0 Å². The highest BCUT2D eigenvalue weighted by Gasteiger charge is 2.31. The van der Waals surface area contributed by atoms with E-state index in [0.29, 0.717) is 13.1 Å². The number of nitrogens with one attached hydrogen (secondary N) is 1. The van der Waals surface area contributed by atoms with Crippen molar-refractivity contribution in [3.8, 4) is 0 Å². The summed E-state index contributed by atoms with van der Waals surface area (Å²) in [5.41, 5.74) is 1.96. The average molecular weight is 275 g/mol. The van der Waals surface area contributed by atoms with Crippen LogP contribution in [0.3, 0.4) is 0 Å². The molecule has 1 amide bonds. The summed E-state index contributed by atoms with van der Waals surface area (Å²) in [6.07, 6.45) is 1.73. The maximum atomic E-state index is 12.2. The number of sulfonamides is 1. The van der Waals surface area contributed by atoms with Crippen LogP contribution in [0.2, 0.25) is 0 Å². The summed E-state index contributed by atoms with van der Waals surface area (Å²) >= 11 is 1.07. The summed E-state index contributed by atoms with van der Waals surface area (Å²) in [6, 6.07) is 1.45. The highest BCUT2D eigenvalue weighted by Crippen LogP contribution is 2.27. The number of hydrazine groups is 1. The molecule has 1 aliphatic rings. The fraction of sp³-hybridized carbons (Fsp3) is 0.444. The Morgan fingerprint density at radius 2 is 2.06 bits per heavy atom. The molecular formula is C9H13N3O3S2. The molecule has 94 valence electrons. The van der Waals surface area contributed by atoms with E-state index >= 15 is 0 Å². The fourth-order valence-corrected chi connectivity index (χ4v) is 4.62. The van der Waals surface area contributed by atoms with E-state index < -0.39 is 15.9 Å². The number of nitrogens with two attached hydrogens (primary N) is 1. The molecule has 8 heteroatoms. The van der Waals surface area contributed by atoms with Gasteiger partial charge in [0.15, 0.2) is 0 Å². The first kappa shape index (κ1) is 12.5. The predicted molar refractivity (Wildman–Crippen MR) is 64.0 cm³/mol. The zero-order valence-corrected chi connectivity index (χ0v) is 10.7. The first-order valence-electron chi connectivity index (χ1n) is 5.16. The molecule has 0 radical (unpaired) electrons. The highest BCUT2D eigenvalue weighted by atomic mass is 32.2. The summed E-state index contributed by atoms with van der Waals surface area (Å²) in [7, 11) is -3.55. The molecule has 0 spiro atoms. The number of rotatable bonds is 3. The number of hydrogen-bond donors (Lipinski definition) is 2. The van der Waals surface area contributed by atoms with Gasteiger partial charge in [0.2, 0.25) is 10.0 Å². The number of nitrogens with zero attached hydrogens (tertiary/aromatic N) is 1. The van der Waals surface area contributed by atoms with Crippen molar-refractivity contribution in [3.05, 3.63) is 16.3 Å². The van der Waals surface area contributed by atoms with Crippen molar-refractivity contribution < 1.29 is 13.2 Å². The Morgan fingerprint density at radius 3 is 2.65 bits per heavy atom. The molecule has 1 fully saturated rings. The van der Waals surface area contributed by atoms with Crippen LogP contribution in [0, 0.1) is 0 Å². The number of carbonyl (C=O) groups is 1. The predicted octanol–water partition coefficient (Wildman–Crippen LogP) is 0.136. The smallest absolute Gasteiger partial charge is 0.276 e. The van der Waals surface area contributed by atoms with Gasteiger partial charge in [-0.3, -0.25) is 10.2 Å². The standard InChI is InChI=1S/C9H13N3O3S2/c10-11-9(13)8-7(3-6-16-8)17(14,15)12-4-1-2-5-12/h3,6H,1-2,4-5,10H2,(H,11,13). The lowest BCUT2D eigenvalue weighted by Gasteiger charge is -2.15. The van der Waals surface area contributed by atoms with Gasteiger partial charge in [-0.2, -0.15) is 4.31 Å². The van der Waals surface area contributed by atoms with Gasteiger partial charge in [-0.1, -0.05) is 0 Å². The summed E-state index contributed by atoms with van der Waals surface area (Å²) in [5.74, 6) is 4.46. The van der Waals surface area contributed by atoms with E-state index in [2.05, 4.69) is 0 Å². The molecule has 2 rings (SSSR count). The molecule has 2 heterocycles. The van der Waals surface area contributed by atoms with Crippen molar-refractivity contribution in [3.63, 3.8) is 0 Å². The maximum absolute atomic E-state index is 12.2. The summed E-state index contributed by atoms with van der Waals surface area (Å²) in [5, 5.41) is 1.58. The Balaban J connectivity index is 2.39. The molecule has 1 aromatic heterocycles. The van der Waals surface area contributed by atoms with Crippen LogP contribution in [-0.2, 0) is 10.0 Å². The van der Waals surface area contributed by atoms with Crippen molar-refractivity contribution in [1.29, 1.82) is 0 Å². The van der Waals surface area contributed by atoms with E-state index in [4.69, 9.17) is 5.84 Å². The van der Waals surface area contributed by atoms with Gasteiger partial charge in [-0.05, 0) is 24.3 Å². The normalized spacial score (nSPS) is 17.2. The summed E-state index contributed by atoms with van der Waals surface area (Å²) < 4.78 is 25.9. The topological polar surface area (TPSA) is 92.5 Å². The first-order chi connectivity index (χ1) is 8.07. The lowest BCUT2D eigenvalue weighted by Crippen LogP contribution is -2.33. The minimum atomic E-state index is -3.55. The molecule has 0 saturated carbocycles. The third kappa shape index (κ3) is 2.21. The number of thiophene rings is 1. The van der Waals surface area contributed by atoms with Gasteiger partial charge in [-0.15, -0.1) is 11.3 Å². The van der Waals surface area contributed by atoms with Gasteiger partial charge < -0.3 is 0 Å². The Labute approximate surface area is 103 Å². The lowest BCUT2D eigenvalue weighted by molar-refractivity contribution is 0.0954. The molecule has 17 heavy (non-hydrogen) atoms.